The number of hydrogen-bond acceptors (Lipinski definition) is 4. The van der Waals surface area contributed by atoms with Crippen LogP contribution < -0.4 is 10.1 Å². The Labute approximate surface area is 125 Å². The summed E-state index contributed by atoms with van der Waals surface area (Å²) in [7, 11) is 3.77. The summed E-state index contributed by atoms with van der Waals surface area (Å²) < 4.78 is 5.31. The van der Waals surface area contributed by atoms with Gasteiger partial charge in [-0.1, -0.05) is 12.1 Å². The first-order valence-corrected chi connectivity index (χ1v) is 7.51. The van der Waals surface area contributed by atoms with E-state index in [0.29, 0.717) is 0 Å². The van der Waals surface area contributed by atoms with E-state index < -0.39 is 0 Å². The molecule has 5 heteroatoms. The molecule has 2 fully saturated rings. The number of ether oxygens (including phenoxy) is 1. The topological polar surface area (TPSA) is 44.8 Å². The molecule has 0 aromatic heterocycles. The van der Waals surface area contributed by atoms with E-state index in [4.69, 9.17) is 4.74 Å². The molecule has 2 saturated heterocycles. The number of likely N-dealkylation sites (tertiary alicyclic amines) is 1. The Balaban J connectivity index is 1.89. The maximum atomic E-state index is 12.6. The van der Waals surface area contributed by atoms with E-state index >= 15 is 0 Å². The third-order valence-electron chi connectivity index (χ3n) is 4.48. The summed E-state index contributed by atoms with van der Waals surface area (Å²) in [6, 6.07) is 8.12. The molecule has 2 aliphatic rings. The van der Waals surface area contributed by atoms with Crippen LogP contribution >= 0.6 is 0 Å². The zero-order chi connectivity index (χ0) is 15.0. The van der Waals surface area contributed by atoms with Crippen molar-refractivity contribution in [3.05, 3.63) is 29.8 Å². The number of methoxy groups -OCH3 is 1. The molecule has 3 atom stereocenters. The van der Waals surface area contributed by atoms with Gasteiger partial charge in [-0.15, -0.1) is 0 Å². The lowest BCUT2D eigenvalue weighted by Gasteiger charge is -2.30. The Morgan fingerprint density at radius 1 is 1.38 bits per heavy atom. The number of amides is 1. The predicted octanol–water partition coefficient (Wildman–Crippen LogP) is 1.22. The van der Waals surface area contributed by atoms with Crippen molar-refractivity contribution in [2.24, 2.45) is 0 Å². The quantitative estimate of drug-likeness (QED) is 0.909. The highest BCUT2D eigenvalue weighted by molar-refractivity contribution is 5.84. The molecule has 5 nitrogen and oxygen atoms in total. The van der Waals surface area contributed by atoms with Crippen LogP contribution in [0.2, 0.25) is 0 Å². The van der Waals surface area contributed by atoms with Crippen molar-refractivity contribution >= 4 is 5.91 Å². The van der Waals surface area contributed by atoms with Gasteiger partial charge in [-0.05, 0) is 44.6 Å². The minimum atomic E-state index is -0.132. The van der Waals surface area contributed by atoms with Crippen LogP contribution in [-0.4, -0.2) is 55.0 Å². The van der Waals surface area contributed by atoms with Crippen molar-refractivity contribution in [2.45, 2.75) is 31.6 Å². The number of rotatable bonds is 3. The zero-order valence-electron chi connectivity index (χ0n) is 12.9. The molecule has 2 heterocycles. The summed E-state index contributed by atoms with van der Waals surface area (Å²) in [5.74, 6) is 1.02. The standard InChI is InChI=1S/C16H23N3O2/c1-11-16(20)19(13-7-8-18(2)10-13)15(17-11)12-5-4-6-14(9-12)21-3/h4-6,9,11,13,15,17H,7-8,10H2,1-3H3. The number of nitrogens with zero attached hydrogens (tertiary/aromatic N) is 2. The van der Waals surface area contributed by atoms with Crippen LogP contribution in [0.1, 0.15) is 25.1 Å². The van der Waals surface area contributed by atoms with E-state index in [2.05, 4.69) is 23.3 Å². The van der Waals surface area contributed by atoms with Gasteiger partial charge >= 0.3 is 0 Å². The Morgan fingerprint density at radius 2 is 2.19 bits per heavy atom. The first-order valence-electron chi connectivity index (χ1n) is 7.51. The molecular formula is C16H23N3O2. The number of hydrogen-bond donors (Lipinski definition) is 1. The fourth-order valence-electron chi connectivity index (χ4n) is 3.34. The molecular weight excluding hydrogens is 266 g/mol. The van der Waals surface area contributed by atoms with Gasteiger partial charge in [0.1, 0.15) is 11.9 Å². The van der Waals surface area contributed by atoms with Crippen molar-refractivity contribution in [1.29, 1.82) is 0 Å². The molecule has 0 saturated carbocycles. The van der Waals surface area contributed by atoms with Crippen molar-refractivity contribution in [1.82, 2.24) is 15.1 Å². The molecule has 1 N–H and O–H groups in total. The number of likely N-dealkylation sites (N-methyl/N-ethyl adjacent to an activating group) is 1. The summed E-state index contributed by atoms with van der Waals surface area (Å²) in [5.41, 5.74) is 1.08. The summed E-state index contributed by atoms with van der Waals surface area (Å²) in [6.45, 7) is 3.93. The van der Waals surface area contributed by atoms with Crippen LogP contribution in [0.3, 0.4) is 0 Å². The summed E-state index contributed by atoms with van der Waals surface area (Å²) >= 11 is 0. The molecule has 1 aromatic carbocycles. The van der Waals surface area contributed by atoms with Gasteiger partial charge in [0, 0.05) is 12.6 Å². The van der Waals surface area contributed by atoms with Crippen LogP contribution in [0.25, 0.3) is 0 Å². The van der Waals surface area contributed by atoms with Gasteiger partial charge in [0.05, 0.1) is 13.2 Å². The van der Waals surface area contributed by atoms with Crippen LogP contribution in [0.5, 0.6) is 5.75 Å². The SMILES string of the molecule is COc1cccc(C2NC(C)C(=O)N2C2CCN(C)C2)c1. The molecule has 0 spiro atoms. The first-order chi connectivity index (χ1) is 10.1. The number of benzene rings is 1. The highest BCUT2D eigenvalue weighted by atomic mass is 16.5. The van der Waals surface area contributed by atoms with Gasteiger partial charge in [0.15, 0.2) is 0 Å². The van der Waals surface area contributed by atoms with Gasteiger partial charge in [-0.25, -0.2) is 0 Å². The van der Waals surface area contributed by atoms with Gasteiger partial charge in [0.25, 0.3) is 0 Å². The minimum absolute atomic E-state index is 0.0564. The minimum Gasteiger partial charge on any atom is -0.497 e. The van der Waals surface area contributed by atoms with Crippen LogP contribution in [0.15, 0.2) is 24.3 Å². The van der Waals surface area contributed by atoms with E-state index in [9.17, 15) is 4.79 Å². The molecule has 0 aliphatic carbocycles. The molecule has 1 aromatic rings. The second-order valence-corrected chi connectivity index (χ2v) is 6.02. The molecule has 114 valence electrons. The van der Waals surface area contributed by atoms with Gasteiger partial charge in [-0.2, -0.15) is 0 Å². The molecule has 21 heavy (non-hydrogen) atoms. The van der Waals surface area contributed by atoms with Gasteiger partial charge in [0.2, 0.25) is 5.91 Å². The molecule has 1 amide bonds. The predicted molar refractivity (Wildman–Crippen MR) is 81.1 cm³/mol. The first kappa shape index (κ1) is 14.4. The average Bonchev–Trinajstić information content (AvgIpc) is 3.03. The fourth-order valence-corrected chi connectivity index (χ4v) is 3.34. The highest BCUT2D eigenvalue weighted by Crippen LogP contribution is 2.32. The number of carbonyl (C=O) groups excluding carboxylic acids is 1. The monoisotopic (exact) mass is 289 g/mol. The summed E-state index contributed by atoms with van der Waals surface area (Å²) in [6.07, 6.45) is 0.982. The Bertz CT molecular complexity index is 534. The molecule has 3 unspecified atom stereocenters. The van der Waals surface area contributed by atoms with Crippen LogP contribution in [-0.2, 0) is 4.79 Å². The van der Waals surface area contributed by atoms with E-state index in [1.54, 1.807) is 7.11 Å². The number of carbonyl (C=O) groups is 1. The lowest BCUT2D eigenvalue weighted by atomic mass is 10.1. The fraction of sp³-hybridized carbons (Fsp3) is 0.562. The third-order valence-corrected chi connectivity index (χ3v) is 4.48. The molecule has 0 radical (unpaired) electrons. The normalized spacial score (nSPS) is 30.1. The largest absolute Gasteiger partial charge is 0.497 e. The molecule has 0 bridgehead atoms. The average molecular weight is 289 g/mol. The second-order valence-electron chi connectivity index (χ2n) is 6.02. The van der Waals surface area contributed by atoms with Crippen LogP contribution in [0, 0.1) is 0 Å². The lowest BCUT2D eigenvalue weighted by Crippen LogP contribution is -2.41. The Hall–Kier alpha value is -1.59. The summed E-state index contributed by atoms with van der Waals surface area (Å²) in [4.78, 5) is 16.9. The third kappa shape index (κ3) is 2.63. The van der Waals surface area contributed by atoms with E-state index in [1.807, 2.05) is 30.0 Å². The Kier molecular flexibility index (Phi) is 3.87. The van der Waals surface area contributed by atoms with Gasteiger partial charge in [-0.3, -0.25) is 10.1 Å². The lowest BCUT2D eigenvalue weighted by molar-refractivity contribution is -0.131. The highest BCUT2D eigenvalue weighted by Gasteiger charge is 2.42. The van der Waals surface area contributed by atoms with Crippen molar-refractivity contribution in [2.75, 3.05) is 27.2 Å². The zero-order valence-corrected chi connectivity index (χ0v) is 12.9. The second kappa shape index (κ2) is 5.66. The molecule has 2 aliphatic heterocycles. The van der Waals surface area contributed by atoms with Crippen molar-refractivity contribution in [3.8, 4) is 5.75 Å². The maximum absolute atomic E-state index is 12.6. The summed E-state index contributed by atoms with van der Waals surface area (Å²) in [5, 5.41) is 3.42. The smallest absolute Gasteiger partial charge is 0.241 e. The van der Waals surface area contributed by atoms with Crippen molar-refractivity contribution < 1.29 is 9.53 Å². The molecule has 3 rings (SSSR count). The van der Waals surface area contributed by atoms with Crippen molar-refractivity contribution in [3.63, 3.8) is 0 Å². The Morgan fingerprint density at radius 3 is 2.86 bits per heavy atom. The van der Waals surface area contributed by atoms with E-state index in [0.717, 1.165) is 30.8 Å². The maximum Gasteiger partial charge on any atom is 0.241 e. The van der Waals surface area contributed by atoms with Gasteiger partial charge < -0.3 is 14.5 Å². The van der Waals surface area contributed by atoms with E-state index in [-0.39, 0.29) is 24.2 Å². The van der Waals surface area contributed by atoms with E-state index in [1.165, 1.54) is 0 Å². The van der Waals surface area contributed by atoms with Crippen LogP contribution in [0.4, 0.5) is 0 Å². The number of nitrogens with one attached hydrogen (secondary N) is 1.